The molecular formula is C36H48N10S. The summed E-state index contributed by atoms with van der Waals surface area (Å²) in [6.45, 7) is 13.0. The second-order valence-corrected chi connectivity index (χ2v) is 15.7. The van der Waals surface area contributed by atoms with Gasteiger partial charge in [0.05, 0.1) is 28.3 Å². The minimum atomic E-state index is 0.0224. The lowest BCUT2D eigenvalue weighted by molar-refractivity contribution is 0.461. The monoisotopic (exact) mass is 652 g/mol. The zero-order valence-electron chi connectivity index (χ0n) is 28.7. The highest BCUT2D eigenvalue weighted by molar-refractivity contribution is 7.13. The molecule has 2 aliphatic heterocycles. The summed E-state index contributed by atoms with van der Waals surface area (Å²) in [5.74, 6) is 4.15. The molecule has 0 radical (unpaired) electrons. The summed E-state index contributed by atoms with van der Waals surface area (Å²) in [6, 6.07) is 5.29. The maximum absolute atomic E-state index is 5.00. The van der Waals surface area contributed by atoms with Crippen molar-refractivity contribution >= 4 is 11.3 Å². The molecule has 0 bridgehead atoms. The fourth-order valence-electron chi connectivity index (χ4n) is 8.40. The highest BCUT2D eigenvalue weighted by Gasteiger charge is 2.35. The summed E-state index contributed by atoms with van der Waals surface area (Å²) in [7, 11) is 0. The topological polar surface area (TPSA) is 97.1 Å². The summed E-state index contributed by atoms with van der Waals surface area (Å²) in [5.41, 5.74) is 7.85. The van der Waals surface area contributed by atoms with Crippen molar-refractivity contribution in [3.8, 4) is 33.7 Å². The largest absolute Gasteiger partial charge is 0.309 e. The predicted molar refractivity (Wildman–Crippen MR) is 186 cm³/mol. The Labute approximate surface area is 281 Å². The Hall–Kier alpha value is -3.60. The average molecular weight is 653 g/mol. The first-order valence-electron chi connectivity index (χ1n) is 18.0. The fraction of sp³-hybridized carbons (Fsp3) is 0.611. The molecule has 9 rings (SSSR count). The fourth-order valence-corrected chi connectivity index (χ4v) is 9.11. The Morgan fingerprint density at radius 3 is 1.72 bits per heavy atom. The summed E-state index contributed by atoms with van der Waals surface area (Å²) >= 11 is 1.73. The quantitative estimate of drug-likeness (QED) is 0.192. The molecule has 0 spiro atoms. The van der Waals surface area contributed by atoms with Crippen molar-refractivity contribution in [1.29, 1.82) is 0 Å². The lowest BCUT2D eigenvalue weighted by Gasteiger charge is -2.24. The van der Waals surface area contributed by atoms with Crippen molar-refractivity contribution < 1.29 is 0 Å². The van der Waals surface area contributed by atoms with Crippen molar-refractivity contribution in [1.82, 2.24) is 49.1 Å². The molecule has 11 heteroatoms. The molecular weight excluding hydrogens is 605 g/mol. The molecule has 2 aliphatic carbocycles. The van der Waals surface area contributed by atoms with Gasteiger partial charge in [-0.2, -0.15) is 10.2 Å². The van der Waals surface area contributed by atoms with E-state index < -0.39 is 0 Å². The Balaban J connectivity index is 0.000000138. The van der Waals surface area contributed by atoms with Crippen molar-refractivity contribution in [2.24, 2.45) is 0 Å². The van der Waals surface area contributed by atoms with Crippen LogP contribution in [0.2, 0.25) is 0 Å². The third-order valence-electron chi connectivity index (χ3n) is 10.7. The van der Waals surface area contributed by atoms with Gasteiger partial charge in [-0.25, -0.2) is 0 Å². The van der Waals surface area contributed by atoms with Gasteiger partial charge in [0.25, 0.3) is 0 Å². The molecule has 248 valence electrons. The van der Waals surface area contributed by atoms with E-state index in [-0.39, 0.29) is 5.41 Å². The Bertz CT molecular complexity index is 1870. The number of thiophene rings is 1. The third kappa shape index (κ3) is 5.20. The average Bonchev–Trinajstić information content (AvgIpc) is 3.90. The summed E-state index contributed by atoms with van der Waals surface area (Å²) in [5, 5.41) is 30.4. The van der Waals surface area contributed by atoms with Gasteiger partial charge >= 0.3 is 0 Å². The van der Waals surface area contributed by atoms with Gasteiger partial charge in [0, 0.05) is 29.6 Å². The second kappa shape index (κ2) is 12.1. The molecule has 5 aromatic heterocycles. The Kier molecular flexibility index (Phi) is 7.93. The van der Waals surface area contributed by atoms with Crippen LogP contribution in [-0.2, 0) is 44.2 Å². The van der Waals surface area contributed by atoms with E-state index in [0.717, 1.165) is 62.1 Å². The van der Waals surface area contributed by atoms with Crippen LogP contribution < -0.4 is 0 Å². The molecule has 10 nitrogen and oxygen atoms in total. The molecule has 0 atom stereocenters. The zero-order chi connectivity index (χ0) is 32.3. The van der Waals surface area contributed by atoms with Crippen LogP contribution in [0.1, 0.15) is 126 Å². The zero-order valence-corrected chi connectivity index (χ0v) is 29.5. The number of nitrogens with zero attached hydrogens (tertiary/aromatic N) is 10. The van der Waals surface area contributed by atoms with Gasteiger partial charge in [0.1, 0.15) is 17.2 Å². The summed E-state index contributed by atoms with van der Waals surface area (Å²) < 4.78 is 9.21. The van der Waals surface area contributed by atoms with Crippen molar-refractivity contribution in [3.63, 3.8) is 0 Å². The smallest absolute Gasteiger partial charge is 0.182 e. The summed E-state index contributed by atoms with van der Waals surface area (Å²) in [6.07, 6.45) is 14.3. The number of aryl methyl sites for hydroxylation is 2. The van der Waals surface area contributed by atoms with Crippen molar-refractivity contribution in [2.45, 2.75) is 142 Å². The van der Waals surface area contributed by atoms with E-state index in [1.54, 1.807) is 11.3 Å². The molecule has 47 heavy (non-hydrogen) atoms. The molecule has 2 fully saturated rings. The van der Waals surface area contributed by atoms with E-state index >= 15 is 0 Å². The third-order valence-corrected chi connectivity index (χ3v) is 11.6. The predicted octanol–water partition coefficient (Wildman–Crippen LogP) is 7.78. The van der Waals surface area contributed by atoms with Crippen LogP contribution in [0.3, 0.4) is 0 Å². The second-order valence-electron chi connectivity index (χ2n) is 14.7. The molecule has 0 amide bonds. The van der Waals surface area contributed by atoms with Gasteiger partial charge in [-0.05, 0) is 62.8 Å². The number of rotatable bonds is 5. The van der Waals surface area contributed by atoms with E-state index in [1.807, 2.05) is 0 Å². The van der Waals surface area contributed by atoms with Gasteiger partial charge < -0.3 is 9.13 Å². The number of fused-ring (bicyclic) bond motifs is 6. The van der Waals surface area contributed by atoms with E-state index in [1.165, 1.54) is 90.1 Å². The lowest BCUT2D eigenvalue weighted by Crippen LogP contribution is -2.23. The maximum Gasteiger partial charge on any atom is 0.182 e. The first-order chi connectivity index (χ1) is 22.9. The lowest BCUT2D eigenvalue weighted by atomic mass is 9.94. The van der Waals surface area contributed by atoms with E-state index in [0.29, 0.717) is 12.1 Å². The van der Waals surface area contributed by atoms with Gasteiger partial charge in [-0.1, -0.05) is 66.4 Å². The normalized spacial score (nSPS) is 17.7. The van der Waals surface area contributed by atoms with E-state index in [2.05, 4.69) is 91.0 Å². The minimum Gasteiger partial charge on any atom is -0.309 e. The number of hydrogen-bond acceptors (Lipinski definition) is 7. The van der Waals surface area contributed by atoms with E-state index in [4.69, 9.17) is 10.2 Å². The van der Waals surface area contributed by atoms with Crippen LogP contribution in [0.5, 0.6) is 0 Å². The number of hydrogen-bond donors (Lipinski definition) is 0. The van der Waals surface area contributed by atoms with Gasteiger partial charge in [-0.15, -0.1) is 31.7 Å². The first kappa shape index (κ1) is 30.7. The Morgan fingerprint density at radius 2 is 1.21 bits per heavy atom. The molecule has 2 saturated carbocycles. The van der Waals surface area contributed by atoms with Gasteiger partial charge in [0.15, 0.2) is 17.5 Å². The van der Waals surface area contributed by atoms with Gasteiger partial charge in [0.2, 0.25) is 0 Å². The molecule has 0 saturated heterocycles. The molecule has 0 unspecified atom stereocenters. The Morgan fingerprint density at radius 1 is 0.702 bits per heavy atom. The van der Waals surface area contributed by atoms with Crippen LogP contribution in [0.25, 0.3) is 33.7 Å². The maximum atomic E-state index is 5.00. The van der Waals surface area contributed by atoms with Crippen LogP contribution in [-0.4, -0.2) is 49.1 Å². The van der Waals surface area contributed by atoms with Crippen LogP contribution in [0.4, 0.5) is 0 Å². The molecule has 5 aromatic rings. The van der Waals surface area contributed by atoms with Crippen LogP contribution >= 0.6 is 11.3 Å². The SMILES string of the molecule is CCc1nn(C2CCCC2)c2c1CCn1c(-c3cccs3)nnc1-2.CCc1nn(C2CCCC2)c2c1CCn1c-2nnc1C(C)(C)C. The van der Waals surface area contributed by atoms with Gasteiger partial charge in [-0.3, -0.25) is 9.36 Å². The molecule has 7 heterocycles. The molecule has 0 aromatic carbocycles. The summed E-state index contributed by atoms with van der Waals surface area (Å²) in [4.78, 5) is 1.19. The first-order valence-corrected chi connectivity index (χ1v) is 18.9. The highest BCUT2D eigenvalue weighted by atomic mass is 32.1. The highest BCUT2D eigenvalue weighted by Crippen LogP contribution is 2.41. The number of aromatic nitrogens is 10. The minimum absolute atomic E-state index is 0.0224. The van der Waals surface area contributed by atoms with Crippen LogP contribution in [0, 0.1) is 0 Å². The van der Waals surface area contributed by atoms with Crippen molar-refractivity contribution in [2.75, 3.05) is 0 Å². The standard InChI is InChI=1S/C18H21N5S.C18H27N5/c1-2-14-13-9-10-22-17(15-8-5-11-24-15)19-20-18(22)16(13)23(21-14)12-6-3-4-7-12;1-5-14-13-10-11-22-16(19-20-17(22)18(2,3)4)15(13)23(21-14)12-8-6-7-9-12/h5,8,11-12H,2-4,6-7,9-10H2,1H3;12H,5-11H2,1-4H3. The van der Waals surface area contributed by atoms with Crippen molar-refractivity contribution in [3.05, 3.63) is 45.9 Å². The molecule has 0 N–H and O–H groups in total. The van der Waals surface area contributed by atoms with E-state index in [9.17, 15) is 0 Å². The van der Waals surface area contributed by atoms with Crippen LogP contribution in [0.15, 0.2) is 17.5 Å². The molecule has 4 aliphatic rings.